The monoisotopic (exact) mass is 274 g/mol. The van der Waals surface area contributed by atoms with E-state index in [0.717, 1.165) is 16.3 Å². The zero-order chi connectivity index (χ0) is 13.8. The largest absolute Gasteiger partial charge is 0.487 e. The van der Waals surface area contributed by atoms with Crippen molar-refractivity contribution in [2.75, 3.05) is 12.3 Å². The van der Waals surface area contributed by atoms with Crippen LogP contribution in [-0.4, -0.2) is 11.6 Å². The lowest BCUT2D eigenvalue weighted by molar-refractivity contribution is 0.365. The summed E-state index contributed by atoms with van der Waals surface area (Å²) in [5, 5.41) is 3.20. The molecule has 19 heavy (non-hydrogen) atoms. The molecular weight excluding hydrogens is 256 g/mol. The minimum Gasteiger partial charge on any atom is -0.487 e. The third-order valence-corrected chi connectivity index (χ3v) is 3.82. The Hall–Kier alpha value is -1.81. The van der Waals surface area contributed by atoms with Gasteiger partial charge < -0.3 is 10.5 Å². The molecule has 0 amide bonds. The smallest absolute Gasteiger partial charge is 0.142 e. The van der Waals surface area contributed by atoms with Crippen LogP contribution in [0.3, 0.4) is 0 Å². The lowest BCUT2D eigenvalue weighted by Gasteiger charge is -2.08. The van der Waals surface area contributed by atoms with E-state index in [1.54, 1.807) is 17.4 Å². The normalized spacial score (nSPS) is 10.7. The van der Waals surface area contributed by atoms with Crippen LogP contribution < -0.4 is 10.5 Å². The van der Waals surface area contributed by atoms with Gasteiger partial charge in [0.15, 0.2) is 0 Å². The van der Waals surface area contributed by atoms with Gasteiger partial charge in [-0.2, -0.15) is 0 Å². The highest BCUT2D eigenvalue weighted by Crippen LogP contribution is 2.30. The first-order valence-corrected chi connectivity index (χ1v) is 7.08. The average Bonchev–Trinajstić information content (AvgIpc) is 2.87. The maximum absolute atomic E-state index is 5.98. The SMILES string of the molecule is C=CCOc1ccc(-c2csc(C(C)C)n2)cc1N. The van der Waals surface area contributed by atoms with Gasteiger partial charge in [-0.3, -0.25) is 0 Å². The second-order valence-corrected chi connectivity index (χ2v) is 5.47. The van der Waals surface area contributed by atoms with E-state index in [2.05, 4.69) is 30.8 Å². The van der Waals surface area contributed by atoms with Crippen LogP contribution in [0.25, 0.3) is 11.3 Å². The fourth-order valence-corrected chi connectivity index (χ4v) is 2.52. The molecule has 0 atom stereocenters. The molecule has 2 aromatic rings. The third kappa shape index (κ3) is 3.15. The third-order valence-electron chi connectivity index (χ3n) is 2.68. The fourth-order valence-electron chi connectivity index (χ4n) is 1.67. The molecular formula is C15H18N2OS. The average molecular weight is 274 g/mol. The Morgan fingerprint density at radius 3 is 2.84 bits per heavy atom. The number of nitrogens with zero attached hydrogens (tertiary/aromatic N) is 1. The molecule has 1 heterocycles. The summed E-state index contributed by atoms with van der Waals surface area (Å²) in [4.78, 5) is 4.62. The number of hydrogen-bond donors (Lipinski definition) is 1. The van der Waals surface area contributed by atoms with Crippen molar-refractivity contribution in [1.29, 1.82) is 0 Å². The quantitative estimate of drug-likeness (QED) is 0.660. The number of benzene rings is 1. The Kier molecular flexibility index (Phi) is 4.22. The van der Waals surface area contributed by atoms with Crippen molar-refractivity contribution in [2.45, 2.75) is 19.8 Å². The van der Waals surface area contributed by atoms with E-state index in [1.165, 1.54) is 0 Å². The fraction of sp³-hybridized carbons (Fsp3) is 0.267. The first-order chi connectivity index (χ1) is 9.11. The maximum Gasteiger partial charge on any atom is 0.142 e. The molecule has 0 aliphatic heterocycles. The number of nitrogen functional groups attached to an aromatic ring is 1. The van der Waals surface area contributed by atoms with Gasteiger partial charge in [0.05, 0.1) is 16.4 Å². The van der Waals surface area contributed by atoms with E-state index in [1.807, 2.05) is 18.2 Å². The summed E-state index contributed by atoms with van der Waals surface area (Å²) in [5.74, 6) is 1.13. The van der Waals surface area contributed by atoms with Gasteiger partial charge in [0.1, 0.15) is 12.4 Å². The van der Waals surface area contributed by atoms with E-state index in [-0.39, 0.29) is 0 Å². The summed E-state index contributed by atoms with van der Waals surface area (Å²) in [6.07, 6.45) is 1.70. The standard InChI is InChI=1S/C15H18N2OS/c1-4-7-18-14-6-5-11(8-12(14)16)13-9-19-15(17-13)10(2)3/h4-6,8-10H,1,7,16H2,2-3H3. The van der Waals surface area contributed by atoms with Crippen molar-refractivity contribution in [1.82, 2.24) is 4.98 Å². The van der Waals surface area contributed by atoms with Crippen molar-refractivity contribution >= 4 is 17.0 Å². The molecule has 2 N–H and O–H groups in total. The minimum absolute atomic E-state index is 0.450. The molecule has 0 aliphatic carbocycles. The number of thiazole rings is 1. The Bertz CT molecular complexity index is 575. The highest BCUT2D eigenvalue weighted by molar-refractivity contribution is 7.10. The molecule has 3 nitrogen and oxygen atoms in total. The van der Waals surface area contributed by atoms with Crippen LogP contribution >= 0.6 is 11.3 Å². The topological polar surface area (TPSA) is 48.1 Å². The lowest BCUT2D eigenvalue weighted by Crippen LogP contribution is -1.97. The molecule has 0 fully saturated rings. The number of anilines is 1. The maximum atomic E-state index is 5.98. The van der Waals surface area contributed by atoms with E-state index >= 15 is 0 Å². The highest BCUT2D eigenvalue weighted by atomic mass is 32.1. The molecule has 0 radical (unpaired) electrons. The van der Waals surface area contributed by atoms with E-state index < -0.39 is 0 Å². The van der Waals surface area contributed by atoms with Crippen LogP contribution in [0.15, 0.2) is 36.2 Å². The molecule has 2 rings (SSSR count). The highest BCUT2D eigenvalue weighted by Gasteiger charge is 2.09. The van der Waals surface area contributed by atoms with Crippen molar-refractivity contribution in [2.24, 2.45) is 0 Å². The van der Waals surface area contributed by atoms with Gasteiger partial charge in [0, 0.05) is 16.9 Å². The summed E-state index contributed by atoms with van der Waals surface area (Å²) in [6, 6.07) is 5.76. The minimum atomic E-state index is 0.450. The Balaban J connectivity index is 2.25. The van der Waals surface area contributed by atoms with Crippen LogP contribution in [0.2, 0.25) is 0 Å². The van der Waals surface area contributed by atoms with E-state index in [0.29, 0.717) is 24.0 Å². The molecule has 0 saturated carbocycles. The Labute approximate surface area is 117 Å². The van der Waals surface area contributed by atoms with Crippen molar-refractivity contribution < 1.29 is 4.74 Å². The Morgan fingerprint density at radius 2 is 2.26 bits per heavy atom. The van der Waals surface area contributed by atoms with Gasteiger partial charge in [0.25, 0.3) is 0 Å². The zero-order valence-corrected chi connectivity index (χ0v) is 12.0. The number of rotatable bonds is 5. The van der Waals surface area contributed by atoms with Crippen molar-refractivity contribution in [3.63, 3.8) is 0 Å². The van der Waals surface area contributed by atoms with Gasteiger partial charge >= 0.3 is 0 Å². The van der Waals surface area contributed by atoms with Gasteiger partial charge in [0.2, 0.25) is 0 Å². The van der Waals surface area contributed by atoms with Gasteiger partial charge in [-0.25, -0.2) is 4.98 Å². The van der Waals surface area contributed by atoms with Gasteiger partial charge in [-0.15, -0.1) is 11.3 Å². The van der Waals surface area contributed by atoms with Gasteiger partial charge in [-0.1, -0.05) is 26.5 Å². The van der Waals surface area contributed by atoms with Crippen LogP contribution in [0.4, 0.5) is 5.69 Å². The van der Waals surface area contributed by atoms with Crippen LogP contribution in [0.1, 0.15) is 24.8 Å². The van der Waals surface area contributed by atoms with Crippen molar-refractivity contribution in [3.8, 4) is 17.0 Å². The zero-order valence-electron chi connectivity index (χ0n) is 11.2. The molecule has 0 aliphatic rings. The number of ether oxygens (including phenoxy) is 1. The molecule has 0 spiro atoms. The molecule has 0 bridgehead atoms. The molecule has 0 saturated heterocycles. The van der Waals surface area contributed by atoms with Gasteiger partial charge in [-0.05, 0) is 18.2 Å². The van der Waals surface area contributed by atoms with Crippen LogP contribution in [0.5, 0.6) is 5.75 Å². The van der Waals surface area contributed by atoms with Crippen LogP contribution in [0, 0.1) is 0 Å². The second-order valence-electron chi connectivity index (χ2n) is 4.58. The predicted molar refractivity (Wildman–Crippen MR) is 81.7 cm³/mol. The van der Waals surface area contributed by atoms with Crippen molar-refractivity contribution in [3.05, 3.63) is 41.2 Å². The molecule has 100 valence electrons. The summed E-state index contributed by atoms with van der Waals surface area (Å²) >= 11 is 1.68. The first-order valence-electron chi connectivity index (χ1n) is 6.21. The molecule has 4 heteroatoms. The second kappa shape index (κ2) is 5.89. The van der Waals surface area contributed by atoms with E-state index in [9.17, 15) is 0 Å². The molecule has 1 aromatic heterocycles. The number of aromatic nitrogens is 1. The molecule has 1 aromatic carbocycles. The number of hydrogen-bond acceptors (Lipinski definition) is 4. The molecule has 0 unspecified atom stereocenters. The summed E-state index contributed by atoms with van der Waals surface area (Å²) in [7, 11) is 0. The lowest BCUT2D eigenvalue weighted by atomic mass is 10.1. The summed E-state index contributed by atoms with van der Waals surface area (Å²) < 4.78 is 5.46. The van der Waals surface area contributed by atoms with Crippen LogP contribution in [-0.2, 0) is 0 Å². The Morgan fingerprint density at radius 1 is 1.47 bits per heavy atom. The summed E-state index contributed by atoms with van der Waals surface area (Å²) in [6.45, 7) is 8.36. The first kappa shape index (κ1) is 13.6. The number of nitrogens with two attached hydrogens (primary N) is 1. The summed E-state index contributed by atoms with van der Waals surface area (Å²) in [5.41, 5.74) is 8.59. The predicted octanol–water partition coefficient (Wildman–Crippen LogP) is 4.08. The van der Waals surface area contributed by atoms with E-state index in [4.69, 9.17) is 10.5 Å².